The fourth-order valence-electron chi connectivity index (χ4n) is 2.18. The average molecular weight is 270 g/mol. The lowest BCUT2D eigenvalue weighted by Crippen LogP contribution is -2.21. The fourth-order valence-corrected chi connectivity index (χ4v) is 2.43. The van der Waals surface area contributed by atoms with Gasteiger partial charge in [0, 0.05) is 5.39 Å². The number of rotatable bonds is 2. The number of hydrogen-bond donors (Lipinski definition) is 0. The Morgan fingerprint density at radius 2 is 1.63 bits per heavy atom. The number of nitrogens with zero attached hydrogens (tertiary/aromatic N) is 1. The van der Waals surface area contributed by atoms with Gasteiger partial charge in [-0.2, -0.15) is 0 Å². The van der Waals surface area contributed by atoms with Crippen molar-refractivity contribution >= 4 is 22.4 Å². The van der Waals surface area contributed by atoms with Gasteiger partial charge in [0.15, 0.2) is 0 Å². The molecular weight excluding hydrogens is 258 g/mol. The Bertz CT molecular complexity index is 778. The summed E-state index contributed by atoms with van der Waals surface area (Å²) in [5, 5.41) is 2.04. The van der Waals surface area contributed by atoms with Gasteiger partial charge in [0.1, 0.15) is 5.15 Å². The van der Waals surface area contributed by atoms with E-state index in [2.05, 4.69) is 0 Å². The minimum atomic E-state index is -0.0491. The lowest BCUT2D eigenvalue weighted by Gasteiger charge is -2.10. The van der Waals surface area contributed by atoms with E-state index in [9.17, 15) is 4.79 Å². The fraction of sp³-hybridized carbons (Fsp3) is 0.0625. The summed E-state index contributed by atoms with van der Waals surface area (Å²) in [5.41, 5.74) is 1.01. The molecule has 0 fully saturated rings. The SMILES string of the molecule is O=c1c2ccccc2cc(Cl)n1Cc1ccccc1. The quantitative estimate of drug-likeness (QED) is 0.650. The lowest BCUT2D eigenvalue weighted by molar-refractivity contribution is 0.769. The van der Waals surface area contributed by atoms with Crippen molar-refractivity contribution in [3.8, 4) is 0 Å². The maximum Gasteiger partial charge on any atom is 0.259 e. The third kappa shape index (κ3) is 2.27. The van der Waals surface area contributed by atoms with Crippen molar-refractivity contribution in [3.63, 3.8) is 0 Å². The highest BCUT2D eigenvalue weighted by molar-refractivity contribution is 6.30. The standard InChI is InChI=1S/C16H12ClNO/c17-15-10-13-8-4-5-9-14(13)16(19)18(15)11-12-6-2-1-3-7-12/h1-10H,11H2. The zero-order chi connectivity index (χ0) is 13.2. The number of pyridine rings is 1. The average Bonchev–Trinajstić information content (AvgIpc) is 2.45. The Morgan fingerprint density at radius 3 is 2.42 bits per heavy atom. The first-order valence-electron chi connectivity index (χ1n) is 6.08. The Morgan fingerprint density at radius 1 is 0.947 bits per heavy atom. The van der Waals surface area contributed by atoms with Crippen molar-refractivity contribution in [1.82, 2.24) is 4.57 Å². The molecule has 0 aliphatic heterocycles. The molecule has 2 nitrogen and oxygen atoms in total. The number of benzene rings is 2. The highest BCUT2D eigenvalue weighted by atomic mass is 35.5. The molecular formula is C16H12ClNO. The second kappa shape index (κ2) is 4.90. The molecule has 0 saturated heterocycles. The van der Waals surface area contributed by atoms with Crippen LogP contribution in [-0.2, 0) is 6.54 Å². The summed E-state index contributed by atoms with van der Waals surface area (Å²) in [7, 11) is 0. The van der Waals surface area contributed by atoms with Gasteiger partial charge in [-0.15, -0.1) is 0 Å². The number of aromatic nitrogens is 1. The summed E-state index contributed by atoms with van der Waals surface area (Å²) in [5.74, 6) is 0. The zero-order valence-electron chi connectivity index (χ0n) is 10.2. The minimum absolute atomic E-state index is 0.0491. The third-order valence-corrected chi connectivity index (χ3v) is 3.47. The molecule has 0 saturated carbocycles. The molecule has 0 bridgehead atoms. The second-order valence-corrected chi connectivity index (χ2v) is 4.82. The monoisotopic (exact) mass is 269 g/mol. The smallest absolute Gasteiger partial charge is 0.259 e. The van der Waals surface area contributed by atoms with E-state index in [0.29, 0.717) is 17.1 Å². The van der Waals surface area contributed by atoms with Gasteiger partial charge in [-0.3, -0.25) is 9.36 Å². The first-order chi connectivity index (χ1) is 9.25. The van der Waals surface area contributed by atoms with Gasteiger partial charge in [0.05, 0.1) is 6.54 Å². The van der Waals surface area contributed by atoms with Crippen molar-refractivity contribution in [1.29, 1.82) is 0 Å². The number of hydrogen-bond acceptors (Lipinski definition) is 1. The van der Waals surface area contributed by atoms with Crippen LogP contribution in [0.3, 0.4) is 0 Å². The van der Waals surface area contributed by atoms with E-state index in [-0.39, 0.29) is 5.56 Å². The second-order valence-electron chi connectivity index (χ2n) is 4.43. The Kier molecular flexibility index (Phi) is 3.10. The van der Waals surface area contributed by atoms with E-state index >= 15 is 0 Å². The molecule has 2 aromatic carbocycles. The Labute approximate surface area is 115 Å². The molecule has 0 amide bonds. The molecule has 19 heavy (non-hydrogen) atoms. The van der Waals surface area contributed by atoms with Crippen molar-refractivity contribution in [2.75, 3.05) is 0 Å². The van der Waals surface area contributed by atoms with Crippen LogP contribution in [0.15, 0.2) is 65.5 Å². The van der Waals surface area contributed by atoms with Gasteiger partial charge in [-0.05, 0) is 23.1 Å². The molecule has 1 heterocycles. The Hall–Kier alpha value is -2.06. The van der Waals surface area contributed by atoms with Crippen LogP contribution in [0.5, 0.6) is 0 Å². The van der Waals surface area contributed by atoms with Crippen LogP contribution in [0.2, 0.25) is 5.15 Å². The molecule has 1 aromatic heterocycles. The maximum absolute atomic E-state index is 12.4. The predicted molar refractivity (Wildman–Crippen MR) is 78.8 cm³/mol. The van der Waals surface area contributed by atoms with E-state index in [1.807, 2.05) is 60.7 Å². The van der Waals surface area contributed by atoms with Crippen LogP contribution in [0.1, 0.15) is 5.56 Å². The maximum atomic E-state index is 12.4. The van der Waals surface area contributed by atoms with Gasteiger partial charge in [-0.25, -0.2) is 0 Å². The molecule has 3 heteroatoms. The molecule has 0 spiro atoms. The first-order valence-corrected chi connectivity index (χ1v) is 6.45. The topological polar surface area (TPSA) is 22.0 Å². The summed E-state index contributed by atoms with van der Waals surface area (Å²) < 4.78 is 1.60. The lowest BCUT2D eigenvalue weighted by atomic mass is 10.1. The van der Waals surface area contributed by atoms with Crippen LogP contribution in [-0.4, -0.2) is 4.57 Å². The van der Waals surface area contributed by atoms with E-state index in [1.165, 1.54) is 0 Å². The molecule has 0 aliphatic carbocycles. The van der Waals surface area contributed by atoms with E-state index < -0.39 is 0 Å². The van der Waals surface area contributed by atoms with Crippen molar-refractivity contribution in [3.05, 3.63) is 81.7 Å². The number of fused-ring (bicyclic) bond motifs is 1. The van der Waals surface area contributed by atoms with Gasteiger partial charge in [-0.1, -0.05) is 60.1 Å². The predicted octanol–water partition coefficient (Wildman–Crippen LogP) is 3.70. The van der Waals surface area contributed by atoms with Crippen LogP contribution in [0.4, 0.5) is 0 Å². The summed E-state index contributed by atoms with van der Waals surface area (Å²) >= 11 is 6.22. The summed E-state index contributed by atoms with van der Waals surface area (Å²) in [4.78, 5) is 12.4. The van der Waals surface area contributed by atoms with E-state index in [0.717, 1.165) is 10.9 Å². The van der Waals surface area contributed by atoms with Crippen LogP contribution < -0.4 is 5.56 Å². The van der Waals surface area contributed by atoms with Crippen molar-refractivity contribution < 1.29 is 0 Å². The molecule has 0 N–H and O–H groups in total. The molecule has 0 radical (unpaired) electrons. The molecule has 3 rings (SSSR count). The zero-order valence-corrected chi connectivity index (χ0v) is 11.0. The molecule has 3 aromatic rings. The summed E-state index contributed by atoms with van der Waals surface area (Å²) in [6.45, 7) is 0.489. The highest BCUT2D eigenvalue weighted by Crippen LogP contribution is 2.16. The van der Waals surface area contributed by atoms with Gasteiger partial charge in [0.25, 0.3) is 5.56 Å². The van der Waals surface area contributed by atoms with Gasteiger partial charge >= 0.3 is 0 Å². The minimum Gasteiger partial charge on any atom is -0.294 e. The van der Waals surface area contributed by atoms with Crippen molar-refractivity contribution in [2.45, 2.75) is 6.54 Å². The van der Waals surface area contributed by atoms with E-state index in [1.54, 1.807) is 4.57 Å². The van der Waals surface area contributed by atoms with E-state index in [4.69, 9.17) is 11.6 Å². The van der Waals surface area contributed by atoms with Gasteiger partial charge < -0.3 is 0 Å². The van der Waals surface area contributed by atoms with Crippen LogP contribution >= 0.6 is 11.6 Å². The van der Waals surface area contributed by atoms with Gasteiger partial charge in [0.2, 0.25) is 0 Å². The highest BCUT2D eigenvalue weighted by Gasteiger charge is 2.07. The molecule has 0 unspecified atom stereocenters. The summed E-state index contributed by atoms with van der Waals surface area (Å²) in [6, 6.07) is 19.2. The molecule has 0 atom stereocenters. The van der Waals surface area contributed by atoms with Crippen molar-refractivity contribution in [2.24, 2.45) is 0 Å². The Balaban J connectivity index is 2.16. The normalized spacial score (nSPS) is 10.8. The third-order valence-electron chi connectivity index (χ3n) is 3.15. The number of halogens is 1. The van der Waals surface area contributed by atoms with Crippen LogP contribution in [0, 0.1) is 0 Å². The largest absolute Gasteiger partial charge is 0.294 e. The van der Waals surface area contributed by atoms with Crippen LogP contribution in [0.25, 0.3) is 10.8 Å². The molecule has 94 valence electrons. The first kappa shape index (κ1) is 12.0. The molecule has 0 aliphatic rings. The summed E-state index contributed by atoms with van der Waals surface area (Å²) in [6.07, 6.45) is 0.